The molecule has 0 fully saturated rings. The van der Waals surface area contributed by atoms with Gasteiger partial charge in [0.25, 0.3) is 0 Å². The summed E-state index contributed by atoms with van der Waals surface area (Å²) in [6, 6.07) is 9.08. The summed E-state index contributed by atoms with van der Waals surface area (Å²) in [5.74, 6) is 0. The summed E-state index contributed by atoms with van der Waals surface area (Å²) in [7, 11) is 0. The van der Waals surface area contributed by atoms with E-state index in [2.05, 4.69) is 49.9 Å². The molecule has 2 nitrogen and oxygen atoms in total. The first-order valence-electron chi connectivity index (χ1n) is 5.75. The third kappa shape index (κ3) is 2.96. The van der Waals surface area contributed by atoms with Crippen molar-refractivity contribution in [2.45, 2.75) is 33.2 Å². The molecule has 0 saturated carbocycles. The van der Waals surface area contributed by atoms with E-state index in [1.165, 1.54) is 11.3 Å². The molecule has 0 spiro atoms. The fraction of sp³-hybridized carbons (Fsp3) is 0.538. The molecule has 1 aromatic carbocycles. The Hall–Kier alpha value is -1.02. The van der Waals surface area contributed by atoms with Crippen LogP contribution in [0, 0.1) is 0 Å². The summed E-state index contributed by atoms with van der Waals surface area (Å²) in [5, 5.41) is 0. The molecule has 2 heteroatoms. The summed E-state index contributed by atoms with van der Waals surface area (Å²) in [4.78, 5) is 2.41. The van der Waals surface area contributed by atoms with E-state index in [9.17, 15) is 0 Å². The zero-order valence-corrected chi connectivity index (χ0v) is 10.0. The molecule has 0 radical (unpaired) electrons. The maximum atomic E-state index is 5.63. The second-order valence-electron chi connectivity index (χ2n) is 4.05. The molecule has 84 valence electrons. The molecule has 0 aromatic heterocycles. The Morgan fingerprint density at radius 1 is 1.27 bits per heavy atom. The van der Waals surface area contributed by atoms with E-state index in [0.717, 1.165) is 13.0 Å². The van der Waals surface area contributed by atoms with Crippen molar-refractivity contribution in [3.8, 4) is 0 Å². The first kappa shape index (κ1) is 12.1. The Morgan fingerprint density at radius 2 is 1.93 bits per heavy atom. The lowest BCUT2D eigenvalue weighted by Crippen LogP contribution is -2.31. The highest BCUT2D eigenvalue weighted by Gasteiger charge is 2.11. The van der Waals surface area contributed by atoms with Gasteiger partial charge in [-0.25, -0.2) is 0 Å². The lowest BCUT2D eigenvalue weighted by Gasteiger charge is -2.29. The number of nitrogens with two attached hydrogens (primary N) is 1. The average molecular weight is 206 g/mol. The van der Waals surface area contributed by atoms with E-state index in [-0.39, 0.29) is 0 Å². The topological polar surface area (TPSA) is 29.3 Å². The number of hydrogen-bond donors (Lipinski definition) is 1. The van der Waals surface area contributed by atoms with Gasteiger partial charge in [0.15, 0.2) is 0 Å². The SMILES string of the molecule is CCN(c1ccccc1CCN)C(C)C. The van der Waals surface area contributed by atoms with Crippen LogP contribution in [-0.4, -0.2) is 19.1 Å². The Morgan fingerprint density at radius 3 is 2.47 bits per heavy atom. The normalized spacial score (nSPS) is 10.7. The molecule has 1 rings (SSSR count). The minimum atomic E-state index is 0.536. The van der Waals surface area contributed by atoms with Crippen LogP contribution in [0.3, 0.4) is 0 Å². The van der Waals surface area contributed by atoms with Crippen LogP contribution in [0.25, 0.3) is 0 Å². The summed E-state index contributed by atoms with van der Waals surface area (Å²) < 4.78 is 0. The quantitative estimate of drug-likeness (QED) is 0.801. The number of benzene rings is 1. The van der Waals surface area contributed by atoms with Crippen molar-refractivity contribution in [2.75, 3.05) is 18.0 Å². The molecular formula is C13H22N2. The van der Waals surface area contributed by atoms with Crippen LogP contribution < -0.4 is 10.6 Å². The minimum Gasteiger partial charge on any atom is -0.369 e. The first-order valence-corrected chi connectivity index (χ1v) is 5.75. The van der Waals surface area contributed by atoms with Crippen molar-refractivity contribution < 1.29 is 0 Å². The highest BCUT2D eigenvalue weighted by Crippen LogP contribution is 2.22. The third-order valence-electron chi connectivity index (χ3n) is 2.68. The minimum absolute atomic E-state index is 0.536. The summed E-state index contributed by atoms with van der Waals surface area (Å²) in [5.41, 5.74) is 8.32. The smallest absolute Gasteiger partial charge is 0.0401 e. The van der Waals surface area contributed by atoms with Crippen LogP contribution in [-0.2, 0) is 6.42 Å². The van der Waals surface area contributed by atoms with Gasteiger partial charge in [-0.1, -0.05) is 18.2 Å². The van der Waals surface area contributed by atoms with Gasteiger partial charge in [-0.3, -0.25) is 0 Å². The molecule has 0 aliphatic carbocycles. The second kappa shape index (κ2) is 5.76. The fourth-order valence-corrected chi connectivity index (χ4v) is 1.97. The van der Waals surface area contributed by atoms with E-state index >= 15 is 0 Å². The Labute approximate surface area is 93.1 Å². The molecule has 1 aromatic rings. The van der Waals surface area contributed by atoms with E-state index in [1.807, 2.05) is 0 Å². The van der Waals surface area contributed by atoms with E-state index < -0.39 is 0 Å². The average Bonchev–Trinajstić information content (AvgIpc) is 2.21. The lowest BCUT2D eigenvalue weighted by molar-refractivity contribution is 0.699. The van der Waals surface area contributed by atoms with Crippen LogP contribution in [0.4, 0.5) is 5.69 Å². The van der Waals surface area contributed by atoms with Crippen molar-refractivity contribution in [3.05, 3.63) is 29.8 Å². The molecule has 0 bridgehead atoms. The lowest BCUT2D eigenvalue weighted by atomic mass is 10.1. The second-order valence-corrected chi connectivity index (χ2v) is 4.05. The molecule has 0 heterocycles. The maximum absolute atomic E-state index is 5.63. The number of nitrogens with zero attached hydrogens (tertiary/aromatic N) is 1. The van der Waals surface area contributed by atoms with Crippen LogP contribution in [0.15, 0.2) is 24.3 Å². The van der Waals surface area contributed by atoms with Crippen molar-refractivity contribution >= 4 is 5.69 Å². The van der Waals surface area contributed by atoms with Gasteiger partial charge in [0.2, 0.25) is 0 Å². The highest BCUT2D eigenvalue weighted by molar-refractivity contribution is 5.54. The van der Waals surface area contributed by atoms with Crippen molar-refractivity contribution in [1.29, 1.82) is 0 Å². The Kier molecular flexibility index (Phi) is 4.63. The summed E-state index contributed by atoms with van der Waals surface area (Å²) >= 11 is 0. The van der Waals surface area contributed by atoms with Gasteiger partial charge in [-0.15, -0.1) is 0 Å². The van der Waals surface area contributed by atoms with Gasteiger partial charge >= 0.3 is 0 Å². The maximum Gasteiger partial charge on any atom is 0.0401 e. The molecular weight excluding hydrogens is 184 g/mol. The Bertz CT molecular complexity index is 294. The van der Waals surface area contributed by atoms with Crippen LogP contribution >= 0.6 is 0 Å². The standard InChI is InChI=1S/C13H22N2/c1-4-15(11(2)3)13-8-6-5-7-12(13)9-10-14/h5-8,11H,4,9-10,14H2,1-3H3. The molecule has 0 aliphatic rings. The molecule has 15 heavy (non-hydrogen) atoms. The summed E-state index contributed by atoms with van der Waals surface area (Å²) in [6.45, 7) is 8.40. The third-order valence-corrected chi connectivity index (χ3v) is 2.68. The number of rotatable bonds is 5. The molecule has 0 unspecified atom stereocenters. The fourth-order valence-electron chi connectivity index (χ4n) is 1.97. The monoisotopic (exact) mass is 206 g/mol. The Balaban J connectivity index is 2.99. The van der Waals surface area contributed by atoms with Crippen LogP contribution in [0.2, 0.25) is 0 Å². The van der Waals surface area contributed by atoms with E-state index in [0.29, 0.717) is 12.6 Å². The molecule has 0 aliphatic heterocycles. The van der Waals surface area contributed by atoms with Crippen molar-refractivity contribution in [3.63, 3.8) is 0 Å². The van der Waals surface area contributed by atoms with E-state index in [4.69, 9.17) is 5.73 Å². The molecule has 0 amide bonds. The predicted octanol–water partition coefficient (Wildman–Crippen LogP) is 2.42. The van der Waals surface area contributed by atoms with Gasteiger partial charge < -0.3 is 10.6 Å². The van der Waals surface area contributed by atoms with Gasteiger partial charge in [0.05, 0.1) is 0 Å². The largest absolute Gasteiger partial charge is 0.369 e. The van der Waals surface area contributed by atoms with E-state index in [1.54, 1.807) is 0 Å². The number of hydrogen-bond acceptors (Lipinski definition) is 2. The number of para-hydroxylation sites is 1. The van der Waals surface area contributed by atoms with Gasteiger partial charge in [-0.2, -0.15) is 0 Å². The van der Waals surface area contributed by atoms with Crippen molar-refractivity contribution in [2.24, 2.45) is 5.73 Å². The zero-order valence-electron chi connectivity index (χ0n) is 10.0. The molecule has 0 atom stereocenters. The van der Waals surface area contributed by atoms with Crippen LogP contribution in [0.5, 0.6) is 0 Å². The number of anilines is 1. The summed E-state index contributed by atoms with van der Waals surface area (Å²) in [6.07, 6.45) is 0.958. The molecule has 2 N–H and O–H groups in total. The van der Waals surface area contributed by atoms with Gasteiger partial charge in [0.1, 0.15) is 0 Å². The predicted molar refractivity (Wildman–Crippen MR) is 67.4 cm³/mol. The highest BCUT2D eigenvalue weighted by atomic mass is 15.1. The van der Waals surface area contributed by atoms with Gasteiger partial charge in [0, 0.05) is 18.3 Å². The zero-order chi connectivity index (χ0) is 11.3. The van der Waals surface area contributed by atoms with Crippen molar-refractivity contribution in [1.82, 2.24) is 0 Å². The molecule has 0 saturated heterocycles. The van der Waals surface area contributed by atoms with Crippen LogP contribution in [0.1, 0.15) is 26.3 Å². The van der Waals surface area contributed by atoms with Gasteiger partial charge in [-0.05, 0) is 45.4 Å². The first-order chi connectivity index (χ1) is 7.20.